The standard InChI is InChI=1S/C47H73O18/c1-21-30(52)32(54)34(56)38(61-21)64-36-24(50)19-60-40(37(36)65-39-35(57)33(55)31(53)25(18-48)62-39)63-29-11-12-43(4)26(44(29,5)20-49)10-13-45(6)27(43)9-8-22-23-16-42(2,3)14-15-47(23,41(58)59)28(51)17-46(22,45)7/h8,19-21,23-40,48,50-57H,9-18H2,1-7H3,(H,58,59)/t21-,23?,24-,25?,26+,27?,28?,29-,30+,31-,32?,33-,34?,35?,36-,37?,38+,39-,40-,43?,44+,45-,46+,47+/m0/s1. The topological polar surface area (TPSA) is 292 Å². The second-order valence-corrected chi connectivity index (χ2v) is 22.6. The van der Waals surface area contributed by atoms with Crippen molar-refractivity contribution in [3.63, 3.8) is 0 Å². The lowest BCUT2D eigenvalue weighted by Gasteiger charge is -2.71. The van der Waals surface area contributed by atoms with Gasteiger partial charge in [-0.3, -0.25) is 4.79 Å². The maximum absolute atomic E-state index is 13.8. The van der Waals surface area contributed by atoms with Crippen molar-refractivity contribution < 1.29 is 89.1 Å². The minimum atomic E-state index is -1.89. The molecule has 0 aromatic carbocycles. The molecule has 0 aromatic rings. The summed E-state index contributed by atoms with van der Waals surface area (Å²) in [4.78, 5) is 27.0. The number of carbonyl (C=O) groups excluding carboxylic acids is 1. The van der Waals surface area contributed by atoms with Crippen LogP contribution in [0.4, 0.5) is 0 Å². The van der Waals surface area contributed by atoms with Crippen molar-refractivity contribution in [2.75, 3.05) is 6.61 Å². The summed E-state index contributed by atoms with van der Waals surface area (Å²) in [6, 6.07) is 0. The van der Waals surface area contributed by atoms with Crippen molar-refractivity contribution in [1.82, 2.24) is 0 Å². The molecule has 8 rings (SSSR count). The Morgan fingerprint density at radius 3 is 2.05 bits per heavy atom. The van der Waals surface area contributed by atoms with E-state index in [0.717, 1.165) is 24.9 Å². The number of ether oxygens (including phenoxy) is 6. The normalized spacial score (nSPS) is 55.4. The van der Waals surface area contributed by atoms with Crippen LogP contribution in [-0.2, 0) is 38.0 Å². The second kappa shape index (κ2) is 17.3. The minimum absolute atomic E-state index is 0.0523. The lowest BCUT2D eigenvalue weighted by molar-refractivity contribution is -0.381. The van der Waals surface area contributed by atoms with Crippen molar-refractivity contribution in [3.05, 3.63) is 18.3 Å². The van der Waals surface area contributed by atoms with Crippen molar-refractivity contribution in [2.45, 2.75) is 204 Å². The molecular weight excluding hydrogens is 852 g/mol. The molecule has 24 atom stereocenters. The zero-order valence-electron chi connectivity index (χ0n) is 38.5. The molecule has 10 N–H and O–H groups in total. The van der Waals surface area contributed by atoms with Gasteiger partial charge in [0.15, 0.2) is 18.9 Å². The van der Waals surface area contributed by atoms with Crippen LogP contribution in [0.25, 0.3) is 0 Å². The average molecular weight is 926 g/mol. The van der Waals surface area contributed by atoms with Crippen LogP contribution in [0.3, 0.4) is 0 Å². The number of carboxylic acids is 1. The summed E-state index contributed by atoms with van der Waals surface area (Å²) in [5.74, 6) is -1.41. The molecule has 0 bridgehead atoms. The Labute approximate surface area is 380 Å². The number of aldehydes is 1. The third kappa shape index (κ3) is 7.54. The summed E-state index contributed by atoms with van der Waals surface area (Å²) in [5, 5.41) is 108. The Morgan fingerprint density at radius 1 is 0.754 bits per heavy atom. The van der Waals surface area contributed by atoms with E-state index in [4.69, 9.17) is 28.4 Å². The van der Waals surface area contributed by atoms with E-state index in [2.05, 4.69) is 40.7 Å². The van der Waals surface area contributed by atoms with Crippen molar-refractivity contribution in [1.29, 1.82) is 0 Å². The molecule has 1 radical (unpaired) electrons. The smallest absolute Gasteiger partial charge is 0.312 e. The Kier molecular flexibility index (Phi) is 13.2. The monoisotopic (exact) mass is 925 g/mol. The molecule has 7 fully saturated rings. The maximum atomic E-state index is 13.8. The number of carbonyl (C=O) groups is 2. The number of carboxylic acid groups (broad SMARTS) is 1. The molecule has 0 aromatic heterocycles. The van der Waals surface area contributed by atoms with Crippen molar-refractivity contribution in [2.24, 2.45) is 50.2 Å². The van der Waals surface area contributed by atoms with Gasteiger partial charge in [-0.1, -0.05) is 53.2 Å². The fraction of sp³-hybridized carbons (Fsp3) is 0.894. The highest BCUT2D eigenvalue weighted by molar-refractivity contribution is 5.77. The SMILES string of the molecule is C[C@@H]1O[C@H](O[C@@H]2C(O[C@@H]3OC(CO)[C@H](O)[C@H](O)C3O)[C@H](O[C@H]3CCC4(C)C5CC=C6C7CC(C)(C)CC[C@]7(C(=O)O)C(O)C[C@@]6(C)[C@@]5(C)CC[C@H]4[C@@]3(C)C=O)O[CH][C@@H]2O)C(O)C(O)[C@@H]1O. The molecule has 8 aliphatic rings. The quantitative estimate of drug-likeness (QED) is 0.0865. The van der Waals surface area contributed by atoms with Gasteiger partial charge < -0.3 is 84.3 Å². The van der Waals surface area contributed by atoms with E-state index >= 15 is 0 Å². The van der Waals surface area contributed by atoms with E-state index < -0.39 is 132 Å². The summed E-state index contributed by atoms with van der Waals surface area (Å²) in [6.45, 7) is 14.7. The zero-order chi connectivity index (χ0) is 47.6. The minimum Gasteiger partial charge on any atom is -0.481 e. The van der Waals surface area contributed by atoms with Gasteiger partial charge in [-0.15, -0.1) is 0 Å². The molecule has 18 heteroatoms. The molecule has 9 unspecified atom stereocenters. The number of aliphatic hydroxyl groups excluding tert-OH is 9. The van der Waals surface area contributed by atoms with Crippen LogP contribution in [0, 0.1) is 56.9 Å². The molecule has 5 aliphatic carbocycles. The summed E-state index contributed by atoms with van der Waals surface area (Å²) >= 11 is 0. The van der Waals surface area contributed by atoms with Gasteiger partial charge in [0.2, 0.25) is 0 Å². The van der Waals surface area contributed by atoms with E-state index in [1.54, 1.807) is 0 Å². The predicted octanol–water partition coefficient (Wildman–Crippen LogP) is 0.684. The largest absolute Gasteiger partial charge is 0.481 e. The number of aliphatic hydroxyl groups is 9. The van der Waals surface area contributed by atoms with Crippen LogP contribution < -0.4 is 0 Å². The summed E-state index contributed by atoms with van der Waals surface area (Å²) in [7, 11) is 0. The van der Waals surface area contributed by atoms with Crippen LogP contribution in [0.2, 0.25) is 0 Å². The number of hydrogen-bond acceptors (Lipinski definition) is 17. The number of hydrogen-bond donors (Lipinski definition) is 10. The van der Waals surface area contributed by atoms with Gasteiger partial charge in [0.05, 0.1) is 30.3 Å². The number of rotatable bonds is 9. The number of allylic oxidation sites excluding steroid dienone is 2. The molecule has 18 nitrogen and oxygen atoms in total. The Balaban J connectivity index is 1.09. The number of aliphatic carboxylic acids is 1. The predicted molar refractivity (Wildman–Crippen MR) is 224 cm³/mol. The van der Waals surface area contributed by atoms with Crippen LogP contribution in [0.15, 0.2) is 11.6 Å². The van der Waals surface area contributed by atoms with Gasteiger partial charge in [0.25, 0.3) is 0 Å². The Hall–Kier alpha value is -1.72. The summed E-state index contributed by atoms with van der Waals surface area (Å²) in [5.41, 5.74) is -2.61. The first-order valence-electron chi connectivity index (χ1n) is 23.6. The van der Waals surface area contributed by atoms with Gasteiger partial charge in [0.1, 0.15) is 79.3 Å². The summed E-state index contributed by atoms with van der Waals surface area (Å²) in [6.07, 6.45) is -16.0. The Bertz CT molecular complexity index is 1810. The first-order valence-corrected chi connectivity index (χ1v) is 23.6. The van der Waals surface area contributed by atoms with Gasteiger partial charge in [-0.05, 0) is 104 Å². The molecule has 0 spiro atoms. The maximum Gasteiger partial charge on any atom is 0.312 e. The third-order valence-corrected chi connectivity index (χ3v) is 18.8. The zero-order valence-corrected chi connectivity index (χ0v) is 38.5. The lowest BCUT2D eigenvalue weighted by atomic mass is 9.33. The molecule has 3 saturated heterocycles. The lowest BCUT2D eigenvalue weighted by Crippen LogP contribution is -2.68. The molecule has 3 heterocycles. The highest BCUT2D eigenvalue weighted by Gasteiger charge is 2.72. The first-order chi connectivity index (χ1) is 30.3. The molecule has 65 heavy (non-hydrogen) atoms. The van der Waals surface area contributed by atoms with Crippen LogP contribution in [0.1, 0.15) is 106 Å². The van der Waals surface area contributed by atoms with Gasteiger partial charge in [-0.25, -0.2) is 0 Å². The fourth-order valence-corrected chi connectivity index (χ4v) is 14.7. The average Bonchev–Trinajstić information content (AvgIpc) is 3.24. The molecular formula is C47H73O18. The van der Waals surface area contributed by atoms with E-state index in [9.17, 15) is 60.7 Å². The number of fused-ring (bicyclic) bond motifs is 7. The molecule has 4 saturated carbocycles. The summed E-state index contributed by atoms with van der Waals surface area (Å²) < 4.78 is 36.4. The molecule has 369 valence electrons. The van der Waals surface area contributed by atoms with Crippen LogP contribution in [0.5, 0.6) is 0 Å². The van der Waals surface area contributed by atoms with Crippen LogP contribution >= 0.6 is 0 Å². The highest BCUT2D eigenvalue weighted by atomic mass is 16.8. The van der Waals surface area contributed by atoms with Gasteiger partial charge >= 0.3 is 5.97 Å². The van der Waals surface area contributed by atoms with E-state index in [-0.39, 0.29) is 28.6 Å². The highest BCUT2D eigenvalue weighted by Crippen LogP contribution is 2.76. The van der Waals surface area contributed by atoms with Crippen LogP contribution in [-0.4, -0.2) is 168 Å². The molecule has 3 aliphatic heterocycles. The second-order valence-electron chi connectivity index (χ2n) is 22.6. The van der Waals surface area contributed by atoms with Gasteiger partial charge in [-0.2, -0.15) is 0 Å². The third-order valence-electron chi connectivity index (χ3n) is 18.8. The fourth-order valence-electron chi connectivity index (χ4n) is 14.7. The molecule has 0 amide bonds. The van der Waals surface area contributed by atoms with Crippen molar-refractivity contribution >= 4 is 12.3 Å². The van der Waals surface area contributed by atoms with Crippen molar-refractivity contribution in [3.8, 4) is 0 Å². The van der Waals surface area contributed by atoms with E-state index in [1.807, 2.05) is 6.92 Å². The van der Waals surface area contributed by atoms with E-state index in [1.165, 1.54) is 6.92 Å². The van der Waals surface area contributed by atoms with Gasteiger partial charge in [0, 0.05) is 0 Å². The Morgan fingerprint density at radius 2 is 1.40 bits per heavy atom. The van der Waals surface area contributed by atoms with E-state index in [0.29, 0.717) is 51.4 Å². The first kappa shape index (κ1) is 49.7.